The van der Waals surface area contributed by atoms with Crippen molar-refractivity contribution in [3.05, 3.63) is 65.6 Å². The molecular weight excluding hydrogens is 533 g/mol. The van der Waals surface area contributed by atoms with Crippen molar-refractivity contribution in [2.24, 2.45) is 17.6 Å². The zero-order valence-corrected chi connectivity index (χ0v) is 23.9. The molecule has 2 fully saturated rings. The standard InChI is InChI=1S/C30H35F2N4O3P/c1-16-11-18(12-24(33)17(16)2)21-5-8-34-15-26(21)36-30(37)25-4-3-22(31)29(35-25)28-23(32)13-20(14-27(28)40)39-19-6-9-38-10-7-19/h3-5,8,13-19,24H,6-7,9-12,33,40H2,1-2H3,(H,36,37)/t16-,17-,18+,24+/m0/s1. The fraction of sp³-hybridized carbons (Fsp3) is 0.433. The summed E-state index contributed by atoms with van der Waals surface area (Å²) in [5.74, 6) is -0.584. The molecule has 0 bridgehead atoms. The van der Waals surface area contributed by atoms with Crippen LogP contribution in [0.2, 0.25) is 0 Å². The molecule has 3 aromatic rings. The average Bonchev–Trinajstić information content (AvgIpc) is 2.93. The molecular formula is C30H35F2N4O3P. The molecule has 3 heterocycles. The van der Waals surface area contributed by atoms with E-state index in [0.29, 0.717) is 54.6 Å². The molecule has 40 heavy (non-hydrogen) atoms. The summed E-state index contributed by atoms with van der Waals surface area (Å²) in [5.41, 5.74) is 7.59. The lowest BCUT2D eigenvalue weighted by molar-refractivity contribution is 0.0255. The van der Waals surface area contributed by atoms with Gasteiger partial charge in [-0.2, -0.15) is 0 Å². The fourth-order valence-electron chi connectivity index (χ4n) is 5.68. The van der Waals surface area contributed by atoms with Gasteiger partial charge in [0.2, 0.25) is 0 Å². The summed E-state index contributed by atoms with van der Waals surface area (Å²) < 4.78 is 41.5. The van der Waals surface area contributed by atoms with Crippen molar-refractivity contribution in [2.45, 2.75) is 57.6 Å². The van der Waals surface area contributed by atoms with Gasteiger partial charge in [-0.3, -0.25) is 9.78 Å². The number of aromatic nitrogens is 2. The number of carbonyl (C=O) groups is 1. The van der Waals surface area contributed by atoms with Crippen molar-refractivity contribution in [3.63, 3.8) is 0 Å². The minimum atomic E-state index is -0.737. The van der Waals surface area contributed by atoms with Gasteiger partial charge >= 0.3 is 0 Å². The highest BCUT2D eigenvalue weighted by molar-refractivity contribution is 7.28. The number of anilines is 1. The minimum absolute atomic E-state index is 0.0418. The number of nitrogens with one attached hydrogen (secondary N) is 1. The number of pyridine rings is 2. The van der Waals surface area contributed by atoms with Gasteiger partial charge in [-0.15, -0.1) is 9.24 Å². The molecule has 0 spiro atoms. The van der Waals surface area contributed by atoms with Crippen molar-refractivity contribution in [3.8, 4) is 17.0 Å². The number of ether oxygens (including phenoxy) is 2. The van der Waals surface area contributed by atoms with E-state index in [9.17, 15) is 9.18 Å². The van der Waals surface area contributed by atoms with Gasteiger partial charge in [0, 0.05) is 36.7 Å². The molecule has 7 nitrogen and oxygen atoms in total. The molecule has 1 saturated heterocycles. The van der Waals surface area contributed by atoms with Gasteiger partial charge in [0.15, 0.2) is 0 Å². The third kappa shape index (κ3) is 6.17. The Kier molecular flexibility index (Phi) is 8.74. The molecule has 3 N–H and O–H groups in total. The molecule has 212 valence electrons. The highest BCUT2D eigenvalue weighted by atomic mass is 31.0. The Hall–Kier alpha value is -3.00. The van der Waals surface area contributed by atoms with Gasteiger partial charge < -0.3 is 20.5 Å². The van der Waals surface area contributed by atoms with Crippen LogP contribution < -0.4 is 21.1 Å². The first-order chi connectivity index (χ1) is 19.2. The lowest BCUT2D eigenvalue weighted by atomic mass is 9.71. The summed E-state index contributed by atoms with van der Waals surface area (Å²) in [4.78, 5) is 21.7. The Morgan fingerprint density at radius 1 is 1.12 bits per heavy atom. The summed E-state index contributed by atoms with van der Waals surface area (Å²) in [6.07, 6.45) is 6.42. The van der Waals surface area contributed by atoms with E-state index in [1.54, 1.807) is 18.5 Å². The van der Waals surface area contributed by atoms with Crippen molar-refractivity contribution in [1.82, 2.24) is 9.97 Å². The Morgan fingerprint density at radius 2 is 1.90 bits per heavy atom. The van der Waals surface area contributed by atoms with Crippen LogP contribution in [0.3, 0.4) is 0 Å². The van der Waals surface area contributed by atoms with Crippen LogP contribution in [0.1, 0.15) is 61.5 Å². The van der Waals surface area contributed by atoms with E-state index in [1.165, 1.54) is 12.1 Å². The number of amides is 1. The van der Waals surface area contributed by atoms with Gasteiger partial charge in [0.05, 0.1) is 25.1 Å². The molecule has 2 aromatic heterocycles. The van der Waals surface area contributed by atoms with Crippen LogP contribution in [0.25, 0.3) is 11.3 Å². The van der Waals surface area contributed by atoms with Crippen LogP contribution in [-0.2, 0) is 4.74 Å². The molecule has 1 unspecified atom stereocenters. The SMILES string of the molecule is C[C@@H]1[C@H](N)C[C@H](c2ccncc2NC(=O)c2ccc(F)c(-c3c(F)cc(OC4CCOCC4)cc3P)n2)C[C@@H]1C. The van der Waals surface area contributed by atoms with Crippen LogP contribution >= 0.6 is 9.24 Å². The Balaban J connectivity index is 1.38. The van der Waals surface area contributed by atoms with E-state index in [4.69, 9.17) is 15.2 Å². The van der Waals surface area contributed by atoms with Crippen LogP contribution in [0.15, 0.2) is 42.7 Å². The molecule has 0 radical (unpaired) electrons. The second-order valence-corrected chi connectivity index (χ2v) is 11.5. The van der Waals surface area contributed by atoms with Crippen molar-refractivity contribution in [2.75, 3.05) is 18.5 Å². The third-order valence-electron chi connectivity index (χ3n) is 8.21. The first kappa shape index (κ1) is 28.5. The number of benzene rings is 1. The third-order valence-corrected chi connectivity index (χ3v) is 8.66. The number of nitrogens with zero attached hydrogens (tertiary/aromatic N) is 2. The first-order valence-corrected chi connectivity index (χ1v) is 14.3. The summed E-state index contributed by atoms with van der Waals surface area (Å²) in [7, 11) is 2.41. The Bertz CT molecular complexity index is 1350. The lowest BCUT2D eigenvalue weighted by Gasteiger charge is -2.37. The van der Waals surface area contributed by atoms with Crippen molar-refractivity contribution >= 4 is 26.1 Å². The Morgan fingerprint density at radius 3 is 2.62 bits per heavy atom. The van der Waals surface area contributed by atoms with Gasteiger partial charge in [-0.25, -0.2) is 13.8 Å². The summed E-state index contributed by atoms with van der Waals surface area (Å²) in [6.45, 7) is 5.56. The molecule has 1 aromatic carbocycles. The maximum atomic E-state index is 15.3. The van der Waals surface area contributed by atoms with Gasteiger partial charge in [-0.1, -0.05) is 13.8 Å². The van der Waals surface area contributed by atoms with E-state index >= 15 is 4.39 Å². The number of hydrogen-bond acceptors (Lipinski definition) is 6. The highest BCUT2D eigenvalue weighted by Crippen LogP contribution is 2.41. The number of halogens is 2. The number of nitrogens with two attached hydrogens (primary N) is 1. The van der Waals surface area contributed by atoms with E-state index in [0.717, 1.165) is 24.5 Å². The molecule has 1 amide bonds. The van der Waals surface area contributed by atoms with Crippen molar-refractivity contribution in [1.29, 1.82) is 0 Å². The number of carbonyl (C=O) groups excluding carboxylic acids is 1. The normalized spacial score (nSPS) is 23.6. The molecule has 5 rings (SSSR count). The first-order valence-electron chi connectivity index (χ1n) is 13.7. The maximum Gasteiger partial charge on any atom is 0.274 e. The fourth-order valence-corrected chi connectivity index (χ4v) is 6.12. The monoisotopic (exact) mass is 568 g/mol. The topological polar surface area (TPSA) is 99.4 Å². The maximum absolute atomic E-state index is 15.3. The van der Waals surface area contributed by atoms with Crippen LogP contribution in [0.5, 0.6) is 5.75 Å². The molecule has 1 aliphatic carbocycles. The molecule has 1 aliphatic heterocycles. The molecule has 1 saturated carbocycles. The Labute approximate surface area is 235 Å². The lowest BCUT2D eigenvalue weighted by Crippen LogP contribution is -2.39. The van der Waals surface area contributed by atoms with Gasteiger partial charge in [-0.05, 0) is 65.7 Å². The minimum Gasteiger partial charge on any atom is -0.490 e. The molecule has 2 aliphatic rings. The molecule has 10 heteroatoms. The quantitative estimate of drug-likeness (QED) is 0.396. The highest BCUT2D eigenvalue weighted by Gasteiger charge is 2.32. The van der Waals surface area contributed by atoms with Crippen LogP contribution in [0, 0.1) is 23.5 Å². The number of rotatable bonds is 6. The molecule has 5 atom stereocenters. The van der Waals surface area contributed by atoms with Gasteiger partial charge in [0.1, 0.15) is 34.9 Å². The van der Waals surface area contributed by atoms with E-state index in [2.05, 4.69) is 38.4 Å². The second kappa shape index (κ2) is 12.2. The summed E-state index contributed by atoms with van der Waals surface area (Å²) in [6, 6.07) is 7.24. The van der Waals surface area contributed by atoms with Crippen LogP contribution in [-0.4, -0.2) is 41.2 Å². The zero-order chi connectivity index (χ0) is 28.4. The van der Waals surface area contributed by atoms with Crippen LogP contribution in [0.4, 0.5) is 14.5 Å². The summed E-state index contributed by atoms with van der Waals surface area (Å²) in [5, 5.41) is 3.26. The number of hydrogen-bond donors (Lipinski definition) is 2. The van der Waals surface area contributed by atoms with E-state index < -0.39 is 17.5 Å². The summed E-state index contributed by atoms with van der Waals surface area (Å²) >= 11 is 0. The van der Waals surface area contributed by atoms with Crippen molar-refractivity contribution < 1.29 is 23.0 Å². The largest absolute Gasteiger partial charge is 0.490 e. The smallest absolute Gasteiger partial charge is 0.274 e. The predicted octanol–water partition coefficient (Wildman–Crippen LogP) is 5.21. The van der Waals surface area contributed by atoms with E-state index in [-0.39, 0.29) is 35.0 Å². The average molecular weight is 569 g/mol. The zero-order valence-electron chi connectivity index (χ0n) is 22.7. The second-order valence-electron chi connectivity index (χ2n) is 10.9. The van der Waals surface area contributed by atoms with Gasteiger partial charge in [0.25, 0.3) is 5.91 Å². The predicted molar refractivity (Wildman–Crippen MR) is 154 cm³/mol. The van der Waals surface area contributed by atoms with E-state index in [1.807, 2.05) is 6.07 Å².